The van der Waals surface area contributed by atoms with Gasteiger partial charge in [-0.3, -0.25) is 9.48 Å². The number of carbonyl (C=O) groups excluding carboxylic acids is 1. The van der Waals surface area contributed by atoms with Crippen molar-refractivity contribution in [1.29, 1.82) is 0 Å². The number of ether oxygens (including phenoxy) is 3. The van der Waals surface area contributed by atoms with Crippen LogP contribution in [-0.4, -0.2) is 58.8 Å². The van der Waals surface area contributed by atoms with E-state index in [0.717, 1.165) is 6.42 Å². The second kappa shape index (κ2) is 7.00. The molecule has 0 aromatic carbocycles. The average molecular weight is 358 g/mol. The summed E-state index contributed by atoms with van der Waals surface area (Å²) in [5.74, 6) is -0.663. The minimum Gasteiger partial charge on any atom is -0.381 e. The first-order chi connectivity index (χ1) is 11.3. The van der Waals surface area contributed by atoms with Crippen molar-refractivity contribution in [3.8, 4) is 0 Å². The molecule has 7 nitrogen and oxygen atoms in total. The summed E-state index contributed by atoms with van der Waals surface area (Å²) in [6, 6.07) is 0. The van der Waals surface area contributed by atoms with Crippen LogP contribution in [0.25, 0.3) is 0 Å². The maximum atomic E-state index is 12.9. The molecule has 2 fully saturated rings. The minimum atomic E-state index is -0.613. The molecule has 0 N–H and O–H groups in total. The van der Waals surface area contributed by atoms with Crippen LogP contribution in [0.15, 0.2) is 6.20 Å². The maximum absolute atomic E-state index is 12.9. The molecule has 2 aliphatic rings. The third kappa shape index (κ3) is 4.08. The molecule has 0 radical (unpaired) electrons. The summed E-state index contributed by atoms with van der Waals surface area (Å²) in [5, 5.41) is 4.91. The molecule has 1 amide bonds. The summed E-state index contributed by atoms with van der Waals surface area (Å²) in [7, 11) is 1.81. The Morgan fingerprint density at radius 1 is 1.50 bits per heavy atom. The van der Waals surface area contributed by atoms with Gasteiger partial charge in [-0.05, 0) is 20.3 Å². The van der Waals surface area contributed by atoms with Crippen molar-refractivity contribution in [3.05, 3.63) is 16.9 Å². The lowest BCUT2D eigenvalue weighted by molar-refractivity contribution is -0.148. The van der Waals surface area contributed by atoms with Crippen LogP contribution in [0.1, 0.15) is 26.0 Å². The molecule has 0 aliphatic carbocycles. The number of hydrogen-bond donors (Lipinski definition) is 0. The lowest BCUT2D eigenvalue weighted by Crippen LogP contribution is -2.42. The van der Waals surface area contributed by atoms with Crippen molar-refractivity contribution in [2.24, 2.45) is 13.0 Å². The molecule has 2 atom stereocenters. The van der Waals surface area contributed by atoms with E-state index in [9.17, 15) is 4.79 Å². The molecule has 24 heavy (non-hydrogen) atoms. The van der Waals surface area contributed by atoms with E-state index in [0.29, 0.717) is 43.6 Å². The van der Waals surface area contributed by atoms with Crippen LogP contribution in [0.4, 0.5) is 0 Å². The molecule has 8 heteroatoms. The van der Waals surface area contributed by atoms with Gasteiger partial charge in [-0.15, -0.1) is 0 Å². The topological polar surface area (TPSA) is 65.8 Å². The summed E-state index contributed by atoms with van der Waals surface area (Å²) < 4.78 is 18.5. The second-order valence-electron chi connectivity index (χ2n) is 6.83. The van der Waals surface area contributed by atoms with Crippen molar-refractivity contribution >= 4 is 17.5 Å². The molecule has 0 spiro atoms. The van der Waals surface area contributed by atoms with Crippen LogP contribution in [-0.2, 0) is 32.6 Å². The van der Waals surface area contributed by atoms with E-state index >= 15 is 0 Å². The molecule has 134 valence electrons. The van der Waals surface area contributed by atoms with Crippen LogP contribution in [0, 0.1) is 5.92 Å². The summed E-state index contributed by atoms with van der Waals surface area (Å²) >= 11 is 6.21. The first-order valence-electron chi connectivity index (χ1n) is 8.20. The van der Waals surface area contributed by atoms with Gasteiger partial charge in [-0.25, -0.2) is 0 Å². The fraction of sp³-hybridized carbons (Fsp3) is 0.750. The number of hydrogen-bond acceptors (Lipinski definition) is 5. The van der Waals surface area contributed by atoms with E-state index in [4.69, 9.17) is 25.8 Å². The number of halogens is 1. The highest BCUT2D eigenvalue weighted by Gasteiger charge is 2.36. The van der Waals surface area contributed by atoms with E-state index in [1.54, 1.807) is 15.8 Å². The number of rotatable bonds is 5. The van der Waals surface area contributed by atoms with Crippen LogP contribution in [0.2, 0.25) is 5.02 Å². The zero-order chi connectivity index (χ0) is 17.3. The molecule has 0 saturated carbocycles. The molecule has 0 unspecified atom stereocenters. The smallest absolute Gasteiger partial charge is 0.228 e. The van der Waals surface area contributed by atoms with Crippen LogP contribution in [0.5, 0.6) is 0 Å². The highest BCUT2D eigenvalue weighted by molar-refractivity contribution is 6.31. The van der Waals surface area contributed by atoms with Gasteiger partial charge >= 0.3 is 0 Å². The predicted octanol–water partition coefficient (Wildman–Crippen LogP) is 1.59. The Kier molecular flexibility index (Phi) is 5.15. The zero-order valence-electron chi connectivity index (χ0n) is 14.3. The second-order valence-corrected chi connectivity index (χ2v) is 7.23. The van der Waals surface area contributed by atoms with E-state index in [2.05, 4.69) is 5.10 Å². The highest BCUT2D eigenvalue weighted by atomic mass is 35.5. The number of aryl methyl sites for hydroxylation is 1. The molecule has 0 bridgehead atoms. The summed E-state index contributed by atoms with van der Waals surface area (Å²) in [4.78, 5) is 14.7. The molecule has 2 saturated heterocycles. The number of carbonyl (C=O) groups is 1. The standard InChI is InChI=1S/C16H24ClN3O4/c1-16(2)23-10-12(24-16)6-20(15(21)11-4-5-22-9-11)8-14-13(17)7-19(3)18-14/h7,11-12H,4-6,8-10H2,1-3H3/t11-,12+/m1/s1. The summed E-state index contributed by atoms with van der Waals surface area (Å²) in [6.45, 7) is 6.12. The fourth-order valence-corrected chi connectivity index (χ4v) is 3.35. The molecule has 1 aromatic rings. The summed E-state index contributed by atoms with van der Waals surface area (Å²) in [6.07, 6.45) is 2.32. The number of nitrogens with zero attached hydrogens (tertiary/aromatic N) is 3. The lowest BCUT2D eigenvalue weighted by Gasteiger charge is -2.27. The van der Waals surface area contributed by atoms with E-state index in [1.165, 1.54) is 0 Å². The molecule has 2 aliphatic heterocycles. The van der Waals surface area contributed by atoms with Crippen LogP contribution < -0.4 is 0 Å². The van der Waals surface area contributed by atoms with Gasteiger partial charge in [0.2, 0.25) is 5.91 Å². The van der Waals surface area contributed by atoms with Crippen molar-refractivity contribution in [2.45, 2.75) is 38.7 Å². The Balaban J connectivity index is 1.72. The average Bonchev–Trinajstić information content (AvgIpc) is 3.20. The lowest BCUT2D eigenvalue weighted by atomic mass is 10.1. The highest BCUT2D eigenvalue weighted by Crippen LogP contribution is 2.25. The molecule has 3 heterocycles. The van der Waals surface area contributed by atoms with Gasteiger partial charge in [-0.1, -0.05) is 11.6 Å². The fourth-order valence-electron chi connectivity index (χ4n) is 3.11. The van der Waals surface area contributed by atoms with Gasteiger partial charge in [0, 0.05) is 26.4 Å². The van der Waals surface area contributed by atoms with E-state index < -0.39 is 5.79 Å². The van der Waals surface area contributed by atoms with Crippen LogP contribution in [0.3, 0.4) is 0 Å². The third-order valence-corrected chi connectivity index (χ3v) is 4.59. The van der Waals surface area contributed by atoms with Gasteiger partial charge in [0.25, 0.3) is 0 Å². The number of amides is 1. The van der Waals surface area contributed by atoms with Gasteiger partial charge < -0.3 is 19.1 Å². The third-order valence-electron chi connectivity index (χ3n) is 4.28. The van der Waals surface area contributed by atoms with Crippen molar-refractivity contribution < 1.29 is 19.0 Å². The van der Waals surface area contributed by atoms with Gasteiger partial charge in [-0.2, -0.15) is 5.10 Å². The first-order valence-corrected chi connectivity index (χ1v) is 8.58. The molecular formula is C16H24ClN3O4. The zero-order valence-corrected chi connectivity index (χ0v) is 15.1. The van der Waals surface area contributed by atoms with Crippen molar-refractivity contribution in [3.63, 3.8) is 0 Å². The van der Waals surface area contributed by atoms with Crippen molar-refractivity contribution in [2.75, 3.05) is 26.4 Å². The Morgan fingerprint density at radius 3 is 2.83 bits per heavy atom. The largest absolute Gasteiger partial charge is 0.381 e. The SMILES string of the molecule is Cn1cc(Cl)c(CN(C[C@H]2COC(C)(C)O2)C(=O)[C@@H]2CCOC2)n1. The summed E-state index contributed by atoms with van der Waals surface area (Å²) in [5.41, 5.74) is 0.685. The van der Waals surface area contributed by atoms with Gasteiger partial charge in [0.15, 0.2) is 5.79 Å². The number of aromatic nitrogens is 2. The van der Waals surface area contributed by atoms with Crippen LogP contribution >= 0.6 is 11.6 Å². The maximum Gasteiger partial charge on any atom is 0.228 e. The van der Waals surface area contributed by atoms with Gasteiger partial charge in [0.1, 0.15) is 11.8 Å². The van der Waals surface area contributed by atoms with Gasteiger partial charge in [0.05, 0.1) is 30.7 Å². The van der Waals surface area contributed by atoms with E-state index in [-0.39, 0.29) is 17.9 Å². The molecule has 1 aromatic heterocycles. The predicted molar refractivity (Wildman–Crippen MR) is 87.5 cm³/mol. The Hall–Kier alpha value is -1.15. The Labute approximate surface area is 146 Å². The minimum absolute atomic E-state index is 0.0579. The van der Waals surface area contributed by atoms with Crippen molar-refractivity contribution in [1.82, 2.24) is 14.7 Å². The quantitative estimate of drug-likeness (QED) is 0.800. The monoisotopic (exact) mass is 357 g/mol. The Morgan fingerprint density at radius 2 is 2.29 bits per heavy atom. The van der Waals surface area contributed by atoms with E-state index in [1.807, 2.05) is 20.9 Å². The molecule has 3 rings (SSSR count). The normalized spacial score (nSPS) is 26.0. The Bertz CT molecular complexity index is 598. The first kappa shape index (κ1) is 17.7. The molecular weight excluding hydrogens is 334 g/mol.